The Balaban J connectivity index is 1.76. The molecule has 1 heterocycles. The van der Waals surface area contributed by atoms with Crippen LogP contribution < -0.4 is 16.0 Å². The lowest BCUT2D eigenvalue weighted by atomic mass is 10.1. The number of amides is 2. The highest BCUT2D eigenvalue weighted by Crippen LogP contribution is 2.12. The van der Waals surface area contributed by atoms with Gasteiger partial charge in [0.1, 0.15) is 5.76 Å². The molecule has 6 nitrogen and oxygen atoms in total. The molecule has 2 amide bonds. The monoisotopic (exact) mass is 329 g/mol. The fourth-order valence-corrected chi connectivity index (χ4v) is 2.25. The van der Waals surface area contributed by atoms with Gasteiger partial charge in [-0.3, -0.25) is 9.59 Å². The molecule has 0 saturated heterocycles. The number of rotatable bonds is 7. The highest BCUT2D eigenvalue weighted by molar-refractivity contribution is 5.91. The summed E-state index contributed by atoms with van der Waals surface area (Å²) in [5.74, 6) is 0.492. The summed E-state index contributed by atoms with van der Waals surface area (Å²) in [5, 5.41) is 8.43. The summed E-state index contributed by atoms with van der Waals surface area (Å²) in [6.07, 6.45) is 0. The van der Waals surface area contributed by atoms with E-state index in [-0.39, 0.29) is 30.2 Å². The number of nitrogens with one attached hydrogen (secondary N) is 3. The summed E-state index contributed by atoms with van der Waals surface area (Å²) in [5.41, 5.74) is 2.25. The van der Waals surface area contributed by atoms with Crippen LogP contribution in [0.5, 0.6) is 0 Å². The molecule has 0 unspecified atom stereocenters. The molecular weight excluding hydrogens is 306 g/mol. The average Bonchev–Trinajstić information content (AvgIpc) is 3.03. The second-order valence-corrected chi connectivity index (χ2v) is 5.65. The van der Waals surface area contributed by atoms with Crippen molar-refractivity contribution in [1.82, 2.24) is 16.0 Å². The van der Waals surface area contributed by atoms with Gasteiger partial charge in [0.05, 0.1) is 19.1 Å². The lowest BCUT2D eigenvalue weighted by Crippen LogP contribution is -2.35. The van der Waals surface area contributed by atoms with Crippen LogP contribution in [0.4, 0.5) is 0 Å². The van der Waals surface area contributed by atoms with Crippen LogP contribution in [0, 0.1) is 6.92 Å². The smallest absolute Gasteiger partial charge is 0.286 e. The zero-order valence-electron chi connectivity index (χ0n) is 14.2. The third kappa shape index (κ3) is 4.96. The van der Waals surface area contributed by atoms with Crippen molar-refractivity contribution in [2.24, 2.45) is 0 Å². The van der Waals surface area contributed by atoms with Crippen LogP contribution in [0.2, 0.25) is 0 Å². The molecule has 0 fully saturated rings. The standard InChI is InChI=1S/C18H23N3O3/c1-12-4-6-14(7-5-12)13(2)21-17(22)11-20-10-15-8-9-16(24-15)18(23)19-3/h4-9,13,20H,10-11H2,1-3H3,(H,19,23)(H,21,22)/t13-/m1/s1. The van der Waals surface area contributed by atoms with E-state index in [1.807, 2.05) is 38.1 Å². The fraction of sp³-hybridized carbons (Fsp3) is 0.333. The number of hydrogen-bond acceptors (Lipinski definition) is 4. The Kier molecular flexibility index (Phi) is 6.14. The summed E-state index contributed by atoms with van der Waals surface area (Å²) in [4.78, 5) is 23.4. The lowest BCUT2D eigenvalue weighted by molar-refractivity contribution is -0.120. The SMILES string of the molecule is CNC(=O)c1ccc(CNCC(=O)N[C@H](C)c2ccc(C)cc2)o1. The van der Waals surface area contributed by atoms with Gasteiger partial charge in [-0.15, -0.1) is 0 Å². The topological polar surface area (TPSA) is 83.4 Å². The van der Waals surface area contributed by atoms with Gasteiger partial charge in [0.25, 0.3) is 5.91 Å². The number of hydrogen-bond donors (Lipinski definition) is 3. The first kappa shape index (κ1) is 17.7. The number of furan rings is 1. The minimum absolute atomic E-state index is 0.0524. The summed E-state index contributed by atoms with van der Waals surface area (Å²) >= 11 is 0. The molecule has 0 aliphatic rings. The van der Waals surface area contributed by atoms with Crippen molar-refractivity contribution >= 4 is 11.8 Å². The molecular formula is C18H23N3O3. The molecule has 2 aromatic rings. The van der Waals surface area contributed by atoms with Crippen LogP contribution in [0.3, 0.4) is 0 Å². The zero-order chi connectivity index (χ0) is 17.5. The summed E-state index contributed by atoms with van der Waals surface area (Å²) in [6.45, 7) is 4.53. The van der Waals surface area contributed by atoms with Crippen molar-refractivity contribution in [3.8, 4) is 0 Å². The Bertz CT molecular complexity index is 692. The van der Waals surface area contributed by atoms with Crippen LogP contribution in [0.1, 0.15) is 40.4 Å². The molecule has 0 aliphatic heterocycles. The second kappa shape index (κ2) is 8.31. The summed E-state index contributed by atoms with van der Waals surface area (Å²) < 4.78 is 5.37. The predicted molar refractivity (Wildman–Crippen MR) is 91.5 cm³/mol. The maximum atomic E-state index is 12.0. The van der Waals surface area contributed by atoms with Gasteiger partial charge in [0.2, 0.25) is 5.91 Å². The Morgan fingerprint density at radius 3 is 2.50 bits per heavy atom. The first-order chi connectivity index (χ1) is 11.5. The van der Waals surface area contributed by atoms with E-state index < -0.39 is 0 Å². The van der Waals surface area contributed by atoms with Crippen LogP contribution in [0.15, 0.2) is 40.8 Å². The van der Waals surface area contributed by atoms with Gasteiger partial charge < -0.3 is 20.4 Å². The maximum absolute atomic E-state index is 12.0. The second-order valence-electron chi connectivity index (χ2n) is 5.65. The van der Waals surface area contributed by atoms with Crippen molar-refractivity contribution in [3.05, 3.63) is 59.0 Å². The van der Waals surface area contributed by atoms with E-state index in [0.717, 1.165) is 5.56 Å². The van der Waals surface area contributed by atoms with Crippen LogP contribution in [-0.4, -0.2) is 25.4 Å². The van der Waals surface area contributed by atoms with E-state index in [4.69, 9.17) is 4.42 Å². The van der Waals surface area contributed by atoms with Gasteiger partial charge in [-0.25, -0.2) is 0 Å². The Morgan fingerprint density at radius 2 is 1.83 bits per heavy atom. The molecule has 0 aliphatic carbocycles. The van der Waals surface area contributed by atoms with E-state index in [0.29, 0.717) is 12.3 Å². The third-order valence-electron chi connectivity index (χ3n) is 3.65. The Labute approximate surface area is 141 Å². The Hall–Kier alpha value is -2.60. The molecule has 0 radical (unpaired) electrons. The van der Waals surface area contributed by atoms with Crippen LogP contribution in [-0.2, 0) is 11.3 Å². The van der Waals surface area contributed by atoms with Crippen molar-refractivity contribution in [2.75, 3.05) is 13.6 Å². The minimum Gasteiger partial charge on any atom is -0.455 e. The summed E-state index contributed by atoms with van der Waals surface area (Å²) in [6, 6.07) is 11.3. The van der Waals surface area contributed by atoms with E-state index in [2.05, 4.69) is 16.0 Å². The van der Waals surface area contributed by atoms with Crippen molar-refractivity contribution in [3.63, 3.8) is 0 Å². The van der Waals surface area contributed by atoms with Crippen molar-refractivity contribution in [1.29, 1.82) is 0 Å². The lowest BCUT2D eigenvalue weighted by Gasteiger charge is -2.14. The van der Waals surface area contributed by atoms with E-state index >= 15 is 0 Å². The third-order valence-corrected chi connectivity index (χ3v) is 3.65. The van der Waals surface area contributed by atoms with Gasteiger partial charge in [0.15, 0.2) is 5.76 Å². The van der Waals surface area contributed by atoms with E-state index in [9.17, 15) is 9.59 Å². The van der Waals surface area contributed by atoms with Crippen molar-refractivity contribution in [2.45, 2.75) is 26.4 Å². The van der Waals surface area contributed by atoms with Gasteiger partial charge in [-0.2, -0.15) is 0 Å². The number of aryl methyl sites for hydroxylation is 1. The fourth-order valence-electron chi connectivity index (χ4n) is 2.25. The van der Waals surface area contributed by atoms with Gasteiger partial charge in [0, 0.05) is 7.05 Å². The first-order valence-corrected chi connectivity index (χ1v) is 7.87. The molecule has 2 rings (SSSR count). The molecule has 1 aromatic heterocycles. The molecule has 0 bridgehead atoms. The molecule has 0 spiro atoms. The first-order valence-electron chi connectivity index (χ1n) is 7.87. The highest BCUT2D eigenvalue weighted by Gasteiger charge is 2.11. The average molecular weight is 329 g/mol. The van der Waals surface area contributed by atoms with Gasteiger partial charge in [-0.1, -0.05) is 29.8 Å². The van der Waals surface area contributed by atoms with Crippen molar-refractivity contribution < 1.29 is 14.0 Å². The zero-order valence-corrected chi connectivity index (χ0v) is 14.2. The molecule has 1 atom stereocenters. The molecule has 128 valence electrons. The van der Waals surface area contributed by atoms with E-state index in [1.165, 1.54) is 5.56 Å². The molecule has 1 aromatic carbocycles. The number of benzene rings is 1. The largest absolute Gasteiger partial charge is 0.455 e. The highest BCUT2D eigenvalue weighted by atomic mass is 16.4. The number of carbonyl (C=O) groups is 2. The van der Waals surface area contributed by atoms with Gasteiger partial charge >= 0.3 is 0 Å². The van der Waals surface area contributed by atoms with E-state index in [1.54, 1.807) is 19.2 Å². The predicted octanol–water partition coefficient (Wildman–Crippen LogP) is 1.91. The molecule has 0 saturated carbocycles. The quantitative estimate of drug-likeness (QED) is 0.725. The molecule has 6 heteroatoms. The normalized spacial score (nSPS) is 11.8. The summed E-state index contributed by atoms with van der Waals surface area (Å²) in [7, 11) is 1.54. The Morgan fingerprint density at radius 1 is 1.12 bits per heavy atom. The molecule has 24 heavy (non-hydrogen) atoms. The molecule has 3 N–H and O–H groups in total. The number of carbonyl (C=O) groups excluding carboxylic acids is 2. The van der Waals surface area contributed by atoms with Gasteiger partial charge in [-0.05, 0) is 31.5 Å². The minimum atomic E-state index is -0.272. The van der Waals surface area contributed by atoms with Crippen LogP contribution in [0.25, 0.3) is 0 Å². The maximum Gasteiger partial charge on any atom is 0.286 e. The van der Waals surface area contributed by atoms with Crippen LogP contribution >= 0.6 is 0 Å².